The minimum atomic E-state index is -0.736. The molecule has 110 valence electrons. The first-order valence-corrected chi connectivity index (χ1v) is 6.78. The topological polar surface area (TPSA) is 71.5 Å². The van der Waals surface area contributed by atoms with Crippen molar-refractivity contribution in [3.63, 3.8) is 0 Å². The van der Waals surface area contributed by atoms with Gasteiger partial charge in [-0.25, -0.2) is 0 Å². The average molecular weight is 327 g/mol. The number of hydrogen-bond acceptors (Lipinski definition) is 4. The molecule has 0 fully saturated rings. The van der Waals surface area contributed by atoms with Gasteiger partial charge in [0, 0.05) is 11.9 Å². The SMILES string of the molecule is C[C@H](Oc1cccnc1)C(=O)Nc1cc(Cl)c(O)c(Cl)c1. The van der Waals surface area contributed by atoms with Crippen LogP contribution >= 0.6 is 23.2 Å². The third-order valence-electron chi connectivity index (χ3n) is 2.60. The number of nitrogens with zero attached hydrogens (tertiary/aromatic N) is 1. The molecule has 2 rings (SSSR count). The molecule has 0 bridgehead atoms. The van der Waals surface area contributed by atoms with Gasteiger partial charge in [0.2, 0.25) is 0 Å². The predicted octanol–water partition coefficient (Wildman–Crippen LogP) is 3.50. The van der Waals surface area contributed by atoms with Gasteiger partial charge in [-0.2, -0.15) is 0 Å². The maximum atomic E-state index is 12.0. The summed E-state index contributed by atoms with van der Waals surface area (Å²) >= 11 is 11.6. The van der Waals surface area contributed by atoms with Gasteiger partial charge in [-0.3, -0.25) is 9.78 Å². The first-order valence-electron chi connectivity index (χ1n) is 6.03. The number of anilines is 1. The smallest absolute Gasteiger partial charge is 0.265 e. The van der Waals surface area contributed by atoms with Crippen LogP contribution in [0.2, 0.25) is 10.0 Å². The van der Waals surface area contributed by atoms with Crippen molar-refractivity contribution in [3.05, 3.63) is 46.7 Å². The number of amides is 1. The summed E-state index contributed by atoms with van der Waals surface area (Å²) in [6.45, 7) is 1.60. The van der Waals surface area contributed by atoms with Crippen LogP contribution in [0.4, 0.5) is 5.69 Å². The van der Waals surface area contributed by atoms with Gasteiger partial charge in [-0.05, 0) is 31.2 Å². The number of phenols is 1. The molecule has 2 aromatic rings. The lowest BCUT2D eigenvalue weighted by molar-refractivity contribution is -0.122. The summed E-state index contributed by atoms with van der Waals surface area (Å²) in [6, 6.07) is 6.21. The molecule has 1 aromatic carbocycles. The zero-order valence-electron chi connectivity index (χ0n) is 11.0. The van der Waals surface area contributed by atoms with Crippen molar-refractivity contribution in [2.24, 2.45) is 0 Å². The summed E-state index contributed by atoms with van der Waals surface area (Å²) in [4.78, 5) is 15.9. The number of nitrogens with one attached hydrogen (secondary N) is 1. The molecule has 1 heterocycles. The molecular formula is C14H12Cl2N2O3. The van der Waals surface area contributed by atoms with Gasteiger partial charge >= 0.3 is 0 Å². The summed E-state index contributed by atoms with van der Waals surface area (Å²) < 4.78 is 5.44. The zero-order chi connectivity index (χ0) is 15.4. The van der Waals surface area contributed by atoms with E-state index >= 15 is 0 Å². The molecule has 1 atom stereocenters. The fourth-order valence-corrected chi connectivity index (χ4v) is 2.04. The molecule has 0 saturated carbocycles. The van der Waals surface area contributed by atoms with E-state index in [1.165, 1.54) is 18.3 Å². The Morgan fingerprint density at radius 2 is 2.05 bits per heavy atom. The minimum absolute atomic E-state index is 0.0543. The first-order chi connectivity index (χ1) is 9.97. The number of aromatic nitrogens is 1. The van der Waals surface area contributed by atoms with Crippen molar-refractivity contribution in [1.82, 2.24) is 4.98 Å². The third-order valence-corrected chi connectivity index (χ3v) is 3.18. The van der Waals surface area contributed by atoms with Crippen LogP contribution in [-0.4, -0.2) is 22.1 Å². The van der Waals surface area contributed by atoms with E-state index in [-0.39, 0.29) is 21.7 Å². The minimum Gasteiger partial charge on any atom is -0.505 e. The van der Waals surface area contributed by atoms with E-state index in [1.54, 1.807) is 25.3 Å². The second-order valence-corrected chi connectivity index (χ2v) is 5.04. The quantitative estimate of drug-likeness (QED) is 0.843. The maximum absolute atomic E-state index is 12.0. The summed E-state index contributed by atoms with van der Waals surface area (Å²) in [7, 11) is 0. The van der Waals surface area contributed by atoms with E-state index in [9.17, 15) is 9.90 Å². The molecule has 0 aliphatic rings. The van der Waals surface area contributed by atoms with E-state index < -0.39 is 6.10 Å². The average Bonchev–Trinajstić information content (AvgIpc) is 2.45. The number of pyridine rings is 1. The van der Waals surface area contributed by atoms with Crippen LogP contribution in [0, 0.1) is 0 Å². The molecule has 0 unspecified atom stereocenters. The molecule has 1 aromatic heterocycles. The fraction of sp³-hybridized carbons (Fsp3) is 0.143. The van der Waals surface area contributed by atoms with E-state index in [1.807, 2.05) is 0 Å². The fourth-order valence-electron chi connectivity index (χ4n) is 1.56. The van der Waals surface area contributed by atoms with Crippen molar-refractivity contribution in [2.75, 3.05) is 5.32 Å². The zero-order valence-corrected chi connectivity index (χ0v) is 12.5. The molecule has 0 saturated heterocycles. The second kappa shape index (κ2) is 6.65. The molecule has 0 aliphatic carbocycles. The number of aromatic hydroxyl groups is 1. The van der Waals surface area contributed by atoms with Crippen LogP contribution in [0.3, 0.4) is 0 Å². The van der Waals surface area contributed by atoms with Crippen LogP contribution in [-0.2, 0) is 4.79 Å². The second-order valence-electron chi connectivity index (χ2n) is 4.23. The largest absolute Gasteiger partial charge is 0.505 e. The highest BCUT2D eigenvalue weighted by Crippen LogP contribution is 2.34. The highest BCUT2D eigenvalue weighted by Gasteiger charge is 2.16. The van der Waals surface area contributed by atoms with Gasteiger partial charge in [0.25, 0.3) is 5.91 Å². The lowest BCUT2D eigenvalue weighted by Gasteiger charge is -2.15. The van der Waals surface area contributed by atoms with Crippen molar-refractivity contribution in [1.29, 1.82) is 0 Å². The van der Waals surface area contributed by atoms with E-state index in [4.69, 9.17) is 27.9 Å². The molecule has 0 aliphatic heterocycles. The van der Waals surface area contributed by atoms with Crippen molar-refractivity contribution in [2.45, 2.75) is 13.0 Å². The van der Waals surface area contributed by atoms with Crippen molar-refractivity contribution < 1.29 is 14.6 Å². The van der Waals surface area contributed by atoms with E-state index in [2.05, 4.69) is 10.3 Å². The monoisotopic (exact) mass is 326 g/mol. The molecule has 5 nitrogen and oxygen atoms in total. The van der Waals surface area contributed by atoms with Crippen molar-refractivity contribution in [3.8, 4) is 11.5 Å². The van der Waals surface area contributed by atoms with Gasteiger partial charge in [-0.1, -0.05) is 23.2 Å². The van der Waals surface area contributed by atoms with Gasteiger partial charge in [0.05, 0.1) is 16.2 Å². The highest BCUT2D eigenvalue weighted by molar-refractivity contribution is 6.37. The Balaban J connectivity index is 2.04. The lowest BCUT2D eigenvalue weighted by atomic mass is 10.2. The molecule has 0 radical (unpaired) electrons. The molecule has 0 spiro atoms. The van der Waals surface area contributed by atoms with Crippen LogP contribution in [0.15, 0.2) is 36.7 Å². The van der Waals surface area contributed by atoms with Crippen LogP contribution in [0.5, 0.6) is 11.5 Å². The predicted molar refractivity (Wildman–Crippen MR) is 81.1 cm³/mol. The third kappa shape index (κ3) is 4.00. The number of hydrogen-bond donors (Lipinski definition) is 2. The summed E-state index contributed by atoms with van der Waals surface area (Å²) in [5.74, 6) is -0.116. The van der Waals surface area contributed by atoms with Gasteiger partial charge < -0.3 is 15.2 Å². The van der Waals surface area contributed by atoms with Crippen LogP contribution < -0.4 is 10.1 Å². The Bertz CT molecular complexity index is 627. The van der Waals surface area contributed by atoms with E-state index in [0.29, 0.717) is 11.4 Å². The number of carbonyl (C=O) groups excluding carboxylic acids is 1. The van der Waals surface area contributed by atoms with Crippen LogP contribution in [0.25, 0.3) is 0 Å². The summed E-state index contributed by atoms with van der Waals surface area (Å²) in [5.41, 5.74) is 0.370. The molecule has 2 N–H and O–H groups in total. The van der Waals surface area contributed by atoms with Gasteiger partial charge in [-0.15, -0.1) is 0 Å². The number of halogens is 2. The Morgan fingerprint density at radius 1 is 1.38 bits per heavy atom. The Labute approximate surface area is 131 Å². The number of rotatable bonds is 4. The lowest BCUT2D eigenvalue weighted by Crippen LogP contribution is -2.30. The number of phenolic OH excluding ortho intramolecular Hbond substituents is 1. The van der Waals surface area contributed by atoms with Gasteiger partial charge in [0.15, 0.2) is 11.9 Å². The molecule has 7 heteroatoms. The standard InChI is InChI=1S/C14H12Cl2N2O3/c1-8(21-10-3-2-4-17-7-10)14(20)18-9-5-11(15)13(19)12(16)6-9/h2-8,19H,1H3,(H,18,20)/t8-/m0/s1. The number of carbonyl (C=O) groups is 1. The summed E-state index contributed by atoms with van der Waals surface area (Å²) in [5, 5.41) is 12.2. The first kappa shape index (κ1) is 15.4. The van der Waals surface area contributed by atoms with Crippen LogP contribution in [0.1, 0.15) is 6.92 Å². The molecule has 21 heavy (non-hydrogen) atoms. The highest BCUT2D eigenvalue weighted by atomic mass is 35.5. The van der Waals surface area contributed by atoms with Gasteiger partial charge in [0.1, 0.15) is 5.75 Å². The Morgan fingerprint density at radius 3 is 2.62 bits per heavy atom. The Kier molecular flexibility index (Phi) is 4.88. The molecule has 1 amide bonds. The normalized spacial score (nSPS) is 11.8. The van der Waals surface area contributed by atoms with E-state index in [0.717, 1.165) is 0 Å². The number of ether oxygens (including phenoxy) is 1. The maximum Gasteiger partial charge on any atom is 0.265 e. The Hall–Kier alpha value is -1.98. The number of benzene rings is 1. The van der Waals surface area contributed by atoms with Crippen molar-refractivity contribution >= 4 is 34.8 Å². The molecular weight excluding hydrogens is 315 g/mol. The summed E-state index contributed by atoms with van der Waals surface area (Å²) in [6.07, 6.45) is 2.39.